The van der Waals surface area contributed by atoms with Crippen LogP contribution in [0.25, 0.3) is 21.9 Å². The maximum absolute atomic E-state index is 14.4. The van der Waals surface area contributed by atoms with Crippen LogP contribution in [0, 0.1) is 17.5 Å². The normalized spacial score (nSPS) is 11.7. The highest BCUT2D eigenvalue weighted by molar-refractivity contribution is 5.89. The van der Waals surface area contributed by atoms with E-state index in [1.807, 2.05) is 0 Å². The fourth-order valence-corrected chi connectivity index (χ4v) is 2.64. The number of methoxy groups -OCH3 is 1. The second-order valence-corrected chi connectivity index (χ2v) is 5.68. The lowest BCUT2D eigenvalue weighted by molar-refractivity contribution is -0.153. The molecule has 3 aromatic carbocycles. The standard InChI is InChI=1S/C19H12F6O2/c1-26-12-7-14(20)17(15(21)8-12)11-2-4-13-10(6-11)3-5-16(18(13)22)27-9-19(23,24)25/h2-8H,9H2,1H3. The van der Waals surface area contributed by atoms with E-state index in [1.165, 1.54) is 31.4 Å². The molecule has 8 heteroatoms. The molecule has 0 saturated heterocycles. The molecule has 0 heterocycles. The van der Waals surface area contributed by atoms with Crippen LogP contribution < -0.4 is 9.47 Å². The summed E-state index contributed by atoms with van der Waals surface area (Å²) in [5.74, 6) is -3.27. The number of hydrogen-bond donors (Lipinski definition) is 0. The third-order valence-electron chi connectivity index (χ3n) is 3.85. The number of ether oxygens (including phenoxy) is 2. The minimum Gasteiger partial charge on any atom is -0.497 e. The largest absolute Gasteiger partial charge is 0.497 e. The van der Waals surface area contributed by atoms with Crippen LogP contribution in [-0.2, 0) is 0 Å². The molecule has 0 fully saturated rings. The Morgan fingerprint density at radius 2 is 1.56 bits per heavy atom. The fraction of sp³-hybridized carbons (Fsp3) is 0.158. The van der Waals surface area contributed by atoms with Gasteiger partial charge in [0.1, 0.15) is 17.4 Å². The summed E-state index contributed by atoms with van der Waals surface area (Å²) in [5.41, 5.74) is -0.181. The van der Waals surface area contributed by atoms with Gasteiger partial charge < -0.3 is 9.47 Å². The molecule has 0 aromatic heterocycles. The molecular weight excluding hydrogens is 374 g/mol. The average molecular weight is 386 g/mol. The van der Waals surface area contributed by atoms with E-state index in [1.54, 1.807) is 0 Å². The molecule has 0 bridgehead atoms. The number of rotatable bonds is 4. The van der Waals surface area contributed by atoms with E-state index in [2.05, 4.69) is 4.74 Å². The predicted octanol–water partition coefficient (Wildman–Crippen LogP) is 5.87. The Morgan fingerprint density at radius 3 is 2.15 bits per heavy atom. The number of benzene rings is 3. The number of fused-ring (bicyclic) bond motifs is 1. The highest BCUT2D eigenvalue weighted by Gasteiger charge is 2.29. The van der Waals surface area contributed by atoms with Gasteiger partial charge in [-0.1, -0.05) is 18.2 Å². The van der Waals surface area contributed by atoms with Crippen molar-refractivity contribution in [2.75, 3.05) is 13.7 Å². The third-order valence-corrected chi connectivity index (χ3v) is 3.85. The second-order valence-electron chi connectivity index (χ2n) is 5.68. The zero-order chi connectivity index (χ0) is 19.8. The van der Waals surface area contributed by atoms with E-state index in [0.29, 0.717) is 0 Å². The van der Waals surface area contributed by atoms with Crippen LogP contribution in [0.3, 0.4) is 0 Å². The Bertz CT molecular complexity index is 974. The molecular formula is C19H12F6O2. The first-order chi connectivity index (χ1) is 12.7. The zero-order valence-electron chi connectivity index (χ0n) is 13.8. The van der Waals surface area contributed by atoms with Gasteiger partial charge in [-0.2, -0.15) is 13.2 Å². The van der Waals surface area contributed by atoms with Crippen LogP contribution in [0.15, 0.2) is 42.5 Å². The summed E-state index contributed by atoms with van der Waals surface area (Å²) in [6.07, 6.45) is -4.60. The molecule has 27 heavy (non-hydrogen) atoms. The number of alkyl halides is 3. The molecule has 2 nitrogen and oxygen atoms in total. The summed E-state index contributed by atoms with van der Waals surface area (Å²) < 4.78 is 88.7. The van der Waals surface area contributed by atoms with E-state index in [-0.39, 0.29) is 27.6 Å². The Morgan fingerprint density at radius 1 is 0.889 bits per heavy atom. The monoisotopic (exact) mass is 386 g/mol. The molecule has 0 radical (unpaired) electrons. The maximum Gasteiger partial charge on any atom is 0.422 e. The lowest BCUT2D eigenvalue weighted by atomic mass is 9.99. The molecule has 0 N–H and O–H groups in total. The van der Waals surface area contributed by atoms with Crippen LogP contribution >= 0.6 is 0 Å². The minimum atomic E-state index is -4.60. The van der Waals surface area contributed by atoms with Crippen molar-refractivity contribution in [1.29, 1.82) is 0 Å². The molecule has 3 aromatic rings. The smallest absolute Gasteiger partial charge is 0.422 e. The van der Waals surface area contributed by atoms with Crippen molar-refractivity contribution >= 4 is 10.8 Å². The predicted molar refractivity (Wildman–Crippen MR) is 87.4 cm³/mol. The Labute approximate surface area is 149 Å². The summed E-state index contributed by atoms with van der Waals surface area (Å²) in [6.45, 7) is -1.63. The maximum atomic E-state index is 14.4. The SMILES string of the molecule is COc1cc(F)c(-c2ccc3c(F)c(OCC(F)(F)F)ccc3c2)c(F)c1. The van der Waals surface area contributed by atoms with Crippen LogP contribution in [0.5, 0.6) is 11.5 Å². The summed E-state index contributed by atoms with van der Waals surface area (Å²) in [5, 5.41) is 0.215. The molecule has 3 rings (SSSR count). The molecule has 0 spiro atoms. The molecule has 0 amide bonds. The van der Waals surface area contributed by atoms with Crippen molar-refractivity contribution in [3.8, 4) is 22.6 Å². The lowest BCUT2D eigenvalue weighted by Gasteiger charge is -2.12. The van der Waals surface area contributed by atoms with Crippen molar-refractivity contribution in [2.24, 2.45) is 0 Å². The van der Waals surface area contributed by atoms with Crippen molar-refractivity contribution in [2.45, 2.75) is 6.18 Å². The van der Waals surface area contributed by atoms with Gasteiger partial charge in [0.15, 0.2) is 18.2 Å². The first-order valence-electron chi connectivity index (χ1n) is 7.65. The zero-order valence-corrected chi connectivity index (χ0v) is 13.8. The van der Waals surface area contributed by atoms with Crippen molar-refractivity contribution in [3.63, 3.8) is 0 Å². The number of halogens is 6. The van der Waals surface area contributed by atoms with Gasteiger partial charge in [0.2, 0.25) is 0 Å². The van der Waals surface area contributed by atoms with Gasteiger partial charge in [0, 0.05) is 17.5 Å². The quantitative estimate of drug-likeness (QED) is 0.522. The number of hydrogen-bond acceptors (Lipinski definition) is 2. The Balaban J connectivity index is 2.02. The summed E-state index contributed by atoms with van der Waals surface area (Å²) in [4.78, 5) is 0. The van der Waals surface area contributed by atoms with E-state index in [9.17, 15) is 26.3 Å². The van der Waals surface area contributed by atoms with E-state index < -0.39 is 36.0 Å². The van der Waals surface area contributed by atoms with E-state index >= 15 is 0 Å². The van der Waals surface area contributed by atoms with Crippen LogP contribution in [0.1, 0.15) is 0 Å². The first-order valence-corrected chi connectivity index (χ1v) is 7.65. The van der Waals surface area contributed by atoms with Gasteiger partial charge in [-0.25, -0.2) is 13.2 Å². The molecule has 142 valence electrons. The van der Waals surface area contributed by atoms with Crippen molar-refractivity contribution in [1.82, 2.24) is 0 Å². The van der Waals surface area contributed by atoms with Gasteiger partial charge in [-0.15, -0.1) is 0 Å². The summed E-state index contributed by atoms with van der Waals surface area (Å²) in [7, 11) is 1.27. The van der Waals surface area contributed by atoms with Crippen LogP contribution in [-0.4, -0.2) is 19.9 Å². The molecule has 0 aliphatic carbocycles. The molecule has 0 unspecified atom stereocenters. The fourth-order valence-electron chi connectivity index (χ4n) is 2.64. The van der Waals surface area contributed by atoms with Crippen molar-refractivity contribution in [3.05, 3.63) is 59.9 Å². The van der Waals surface area contributed by atoms with Gasteiger partial charge in [0.25, 0.3) is 0 Å². The average Bonchev–Trinajstić information content (AvgIpc) is 2.59. The summed E-state index contributed by atoms with van der Waals surface area (Å²) in [6, 6.07) is 8.20. The van der Waals surface area contributed by atoms with Gasteiger partial charge in [-0.3, -0.25) is 0 Å². The highest BCUT2D eigenvalue weighted by Crippen LogP contribution is 2.34. The van der Waals surface area contributed by atoms with Gasteiger partial charge >= 0.3 is 6.18 Å². The Kier molecular flexibility index (Phi) is 4.91. The minimum absolute atomic E-state index is 0.00652. The topological polar surface area (TPSA) is 18.5 Å². The van der Waals surface area contributed by atoms with E-state index in [4.69, 9.17) is 4.74 Å². The highest BCUT2D eigenvalue weighted by atomic mass is 19.4. The second kappa shape index (κ2) is 7.02. The van der Waals surface area contributed by atoms with Crippen LogP contribution in [0.2, 0.25) is 0 Å². The van der Waals surface area contributed by atoms with Gasteiger partial charge in [-0.05, 0) is 23.1 Å². The molecule has 0 saturated carbocycles. The molecule has 0 atom stereocenters. The third kappa shape index (κ3) is 3.94. The summed E-state index contributed by atoms with van der Waals surface area (Å²) >= 11 is 0. The molecule has 0 aliphatic heterocycles. The lowest BCUT2D eigenvalue weighted by Crippen LogP contribution is -2.19. The molecule has 0 aliphatic rings. The van der Waals surface area contributed by atoms with Crippen molar-refractivity contribution < 1.29 is 35.8 Å². The van der Waals surface area contributed by atoms with E-state index in [0.717, 1.165) is 18.2 Å². The van der Waals surface area contributed by atoms with Gasteiger partial charge in [0.05, 0.1) is 12.7 Å². The Hall–Kier alpha value is -2.90. The van der Waals surface area contributed by atoms with Crippen LogP contribution in [0.4, 0.5) is 26.3 Å². The first kappa shape index (κ1) is 18.9.